The highest BCUT2D eigenvalue weighted by Crippen LogP contribution is 2.47. The number of hydrogen-bond donors (Lipinski definition) is 2. The summed E-state index contributed by atoms with van der Waals surface area (Å²) in [6.45, 7) is 0. The molecule has 0 heterocycles. The fourth-order valence-electron chi connectivity index (χ4n) is 5.94. The van der Waals surface area contributed by atoms with Crippen molar-refractivity contribution in [3.05, 3.63) is 169 Å². The third-order valence-corrected chi connectivity index (χ3v) is 10.3. The van der Waals surface area contributed by atoms with Crippen LogP contribution in [0, 0.1) is 0 Å². The summed E-state index contributed by atoms with van der Waals surface area (Å²) in [6.07, 6.45) is -0.864. The van der Waals surface area contributed by atoms with Gasteiger partial charge in [-0.3, -0.25) is 0 Å². The van der Waals surface area contributed by atoms with Crippen molar-refractivity contribution >= 4 is 45.4 Å². The number of aliphatic hydroxyl groups is 1. The van der Waals surface area contributed by atoms with E-state index in [1.165, 1.54) is 0 Å². The van der Waals surface area contributed by atoms with Gasteiger partial charge < -0.3 is 10.2 Å². The molecule has 0 aliphatic rings. The molecule has 0 bridgehead atoms. The monoisotopic (exact) mass is 560 g/mol. The highest BCUT2D eigenvalue weighted by molar-refractivity contribution is 7.80. The number of benzene rings is 7. The second kappa shape index (κ2) is 11.3. The van der Waals surface area contributed by atoms with Crippen LogP contribution in [0.4, 0.5) is 0 Å². The van der Waals surface area contributed by atoms with E-state index in [1.54, 1.807) is 0 Å². The highest BCUT2D eigenvalue weighted by Gasteiger charge is 2.27. The van der Waals surface area contributed by atoms with Crippen molar-refractivity contribution in [2.75, 3.05) is 0 Å². The summed E-state index contributed by atoms with van der Waals surface area (Å²) < 4.78 is 0. The predicted octanol–water partition coefficient (Wildman–Crippen LogP) is 8.21. The molecule has 42 heavy (non-hydrogen) atoms. The summed E-state index contributed by atoms with van der Waals surface area (Å²) in [4.78, 5) is 0. The van der Waals surface area contributed by atoms with Gasteiger partial charge in [-0.25, -0.2) is 0 Å². The van der Waals surface area contributed by atoms with E-state index in [-0.39, 0.29) is 5.75 Å². The van der Waals surface area contributed by atoms with Crippen molar-refractivity contribution in [2.24, 2.45) is 0 Å². The van der Waals surface area contributed by atoms with E-state index >= 15 is 0 Å². The Labute approximate surface area is 246 Å². The third kappa shape index (κ3) is 4.65. The molecule has 0 radical (unpaired) electrons. The molecule has 202 valence electrons. The van der Waals surface area contributed by atoms with E-state index in [0.717, 1.165) is 59.7 Å². The lowest BCUT2D eigenvalue weighted by atomic mass is 9.86. The largest absolute Gasteiger partial charge is 0.507 e. The molecular formula is C39H29O2P. The fraction of sp³-hybridized carbons (Fsp3) is 0.0256. The molecule has 0 fully saturated rings. The maximum atomic E-state index is 12.5. The highest BCUT2D eigenvalue weighted by atomic mass is 31.1. The molecule has 0 unspecified atom stereocenters. The Hall–Kier alpha value is -4.75. The van der Waals surface area contributed by atoms with Gasteiger partial charge in [0.2, 0.25) is 0 Å². The molecule has 2 nitrogen and oxygen atoms in total. The van der Waals surface area contributed by atoms with Gasteiger partial charge in [0.25, 0.3) is 0 Å². The minimum absolute atomic E-state index is 0.255. The van der Waals surface area contributed by atoms with Gasteiger partial charge in [-0.2, -0.15) is 0 Å². The Kier molecular flexibility index (Phi) is 7.01. The summed E-state index contributed by atoms with van der Waals surface area (Å²) in [6, 6.07) is 53.3. The van der Waals surface area contributed by atoms with Crippen molar-refractivity contribution in [3.63, 3.8) is 0 Å². The molecule has 1 atom stereocenters. The molecule has 7 rings (SSSR count). The van der Waals surface area contributed by atoms with E-state index in [0.29, 0.717) is 0 Å². The molecule has 3 heteroatoms. The Balaban J connectivity index is 1.59. The standard InChI is InChI=1S/C39H29O2P/c40-38(28-15-4-1-5-16-28)34-25-24-27-14-10-12-22-32(27)36(34)37-33-23-13-11-17-29(33)26-35(39(37)41)42(30-18-6-2-7-19-30)31-20-8-3-9-21-31/h1-26,38,40-41H/t38-/m0/s1. The molecule has 0 aromatic heterocycles. The summed E-state index contributed by atoms with van der Waals surface area (Å²) in [5.41, 5.74) is 3.19. The lowest BCUT2D eigenvalue weighted by Gasteiger charge is -2.25. The van der Waals surface area contributed by atoms with Gasteiger partial charge in [0, 0.05) is 10.9 Å². The summed E-state index contributed by atoms with van der Waals surface area (Å²) in [7, 11) is -1.07. The molecule has 7 aromatic carbocycles. The smallest absolute Gasteiger partial charge is 0.132 e. The number of fused-ring (bicyclic) bond motifs is 2. The molecule has 0 spiro atoms. The van der Waals surface area contributed by atoms with E-state index in [2.05, 4.69) is 84.9 Å². The minimum Gasteiger partial charge on any atom is -0.507 e. The van der Waals surface area contributed by atoms with Crippen molar-refractivity contribution < 1.29 is 10.2 Å². The van der Waals surface area contributed by atoms with E-state index < -0.39 is 14.0 Å². The lowest BCUT2D eigenvalue weighted by Crippen LogP contribution is -2.21. The van der Waals surface area contributed by atoms with E-state index in [4.69, 9.17) is 0 Å². The zero-order valence-corrected chi connectivity index (χ0v) is 23.8. The molecule has 0 saturated carbocycles. The minimum atomic E-state index is -1.07. The van der Waals surface area contributed by atoms with Gasteiger partial charge in [0.1, 0.15) is 11.9 Å². The van der Waals surface area contributed by atoms with Gasteiger partial charge in [-0.15, -0.1) is 0 Å². The van der Waals surface area contributed by atoms with Crippen LogP contribution in [0.15, 0.2) is 158 Å². The first-order valence-corrected chi connectivity index (χ1v) is 15.4. The van der Waals surface area contributed by atoms with Crippen LogP contribution in [0.5, 0.6) is 5.75 Å². The summed E-state index contributed by atoms with van der Waals surface area (Å²) in [5.74, 6) is 0.255. The molecule has 0 saturated heterocycles. The fourth-order valence-corrected chi connectivity index (χ4v) is 8.32. The second-order valence-electron chi connectivity index (χ2n) is 10.4. The lowest BCUT2D eigenvalue weighted by molar-refractivity contribution is 0.221. The first-order chi connectivity index (χ1) is 20.7. The van der Waals surface area contributed by atoms with Crippen LogP contribution in [-0.2, 0) is 0 Å². The molecule has 0 amide bonds. The first kappa shape index (κ1) is 26.2. The number of aliphatic hydroxyl groups excluding tert-OH is 1. The van der Waals surface area contributed by atoms with Crippen LogP contribution in [0.3, 0.4) is 0 Å². The van der Waals surface area contributed by atoms with Crippen LogP contribution in [-0.4, -0.2) is 10.2 Å². The van der Waals surface area contributed by atoms with Gasteiger partial charge >= 0.3 is 0 Å². The Morgan fingerprint density at radius 2 is 0.976 bits per heavy atom. The van der Waals surface area contributed by atoms with Crippen LogP contribution < -0.4 is 15.9 Å². The molecule has 0 aliphatic carbocycles. The van der Waals surface area contributed by atoms with E-state index in [1.807, 2.05) is 72.8 Å². The Bertz CT molecular complexity index is 1960. The molecule has 2 N–H and O–H groups in total. The number of aromatic hydroxyl groups is 1. The quantitative estimate of drug-likeness (QED) is 0.201. The van der Waals surface area contributed by atoms with Gasteiger partial charge in [-0.05, 0) is 62.8 Å². The van der Waals surface area contributed by atoms with Gasteiger partial charge in [0.05, 0.1) is 0 Å². The van der Waals surface area contributed by atoms with Crippen molar-refractivity contribution in [1.29, 1.82) is 0 Å². The van der Waals surface area contributed by atoms with Gasteiger partial charge in [-0.1, -0.05) is 152 Å². The first-order valence-electron chi connectivity index (χ1n) is 14.1. The Morgan fingerprint density at radius 3 is 1.60 bits per heavy atom. The molecule has 0 aliphatic heterocycles. The topological polar surface area (TPSA) is 40.5 Å². The molecular weight excluding hydrogens is 531 g/mol. The molecule has 7 aromatic rings. The summed E-state index contributed by atoms with van der Waals surface area (Å²) >= 11 is 0. The van der Waals surface area contributed by atoms with E-state index in [9.17, 15) is 10.2 Å². The second-order valence-corrected chi connectivity index (χ2v) is 12.6. The van der Waals surface area contributed by atoms with Crippen molar-refractivity contribution in [3.8, 4) is 16.9 Å². The van der Waals surface area contributed by atoms with Gasteiger partial charge in [0.15, 0.2) is 0 Å². The average Bonchev–Trinajstić information content (AvgIpc) is 3.06. The third-order valence-electron chi connectivity index (χ3n) is 7.89. The van der Waals surface area contributed by atoms with Crippen LogP contribution >= 0.6 is 7.92 Å². The summed E-state index contributed by atoms with van der Waals surface area (Å²) in [5, 5.41) is 31.6. The number of rotatable bonds is 6. The van der Waals surface area contributed by atoms with Crippen LogP contribution in [0.2, 0.25) is 0 Å². The van der Waals surface area contributed by atoms with Crippen LogP contribution in [0.1, 0.15) is 17.2 Å². The van der Waals surface area contributed by atoms with Crippen LogP contribution in [0.25, 0.3) is 32.7 Å². The maximum Gasteiger partial charge on any atom is 0.132 e. The van der Waals surface area contributed by atoms with Crippen molar-refractivity contribution in [1.82, 2.24) is 0 Å². The average molecular weight is 561 g/mol. The number of phenols is 1. The maximum absolute atomic E-state index is 12.5. The van der Waals surface area contributed by atoms with Crippen molar-refractivity contribution in [2.45, 2.75) is 6.10 Å². The zero-order valence-electron chi connectivity index (χ0n) is 22.9. The normalized spacial score (nSPS) is 12.1. The number of hydrogen-bond acceptors (Lipinski definition) is 2. The zero-order chi connectivity index (χ0) is 28.5. The predicted molar refractivity (Wildman–Crippen MR) is 178 cm³/mol. The Morgan fingerprint density at radius 1 is 0.476 bits per heavy atom. The number of phenolic OH excluding ortho intramolecular Hbond substituents is 1. The SMILES string of the molecule is Oc1c(P(c2ccccc2)c2ccccc2)cc2ccccc2c1-c1c([C@@H](O)c2ccccc2)ccc2ccccc12.